The molecule has 1 fully saturated rings. The minimum Gasteiger partial charge on any atom is -0.396 e. The molecule has 7 heteroatoms. The molecule has 1 saturated heterocycles. The van der Waals surface area contributed by atoms with Crippen molar-refractivity contribution < 1.29 is 9.90 Å². The number of nitrogens with zero attached hydrogens (tertiary/aromatic N) is 3. The highest BCUT2D eigenvalue weighted by molar-refractivity contribution is 7.99. The van der Waals surface area contributed by atoms with Gasteiger partial charge >= 0.3 is 5.69 Å². The van der Waals surface area contributed by atoms with Gasteiger partial charge in [0.2, 0.25) is 5.91 Å². The Kier molecular flexibility index (Phi) is 6.75. The number of thioether (sulfide) groups is 1. The topological polar surface area (TPSA) is 75.4 Å². The van der Waals surface area contributed by atoms with E-state index in [1.165, 1.54) is 11.8 Å². The third-order valence-corrected chi connectivity index (χ3v) is 6.46. The van der Waals surface area contributed by atoms with Crippen LogP contribution in [0, 0.1) is 5.92 Å². The lowest BCUT2D eigenvalue weighted by Gasteiger charge is -2.30. The lowest BCUT2D eigenvalue weighted by atomic mass is 9.97. The number of hydrogen-bond acceptors (Lipinski definition) is 5. The predicted octanol–water partition coefficient (Wildman–Crippen LogP) is 1.86. The molecule has 1 aliphatic carbocycles. The summed E-state index contributed by atoms with van der Waals surface area (Å²) in [5.41, 5.74) is 1.95. The van der Waals surface area contributed by atoms with E-state index in [1.807, 2.05) is 4.90 Å². The molecule has 1 amide bonds. The second-order valence-electron chi connectivity index (χ2n) is 7.41. The number of aliphatic hydroxyl groups is 1. The Morgan fingerprint density at radius 1 is 1.27 bits per heavy atom. The highest BCUT2D eigenvalue weighted by Crippen LogP contribution is 2.29. The molecule has 26 heavy (non-hydrogen) atoms. The molecule has 144 valence electrons. The van der Waals surface area contributed by atoms with Gasteiger partial charge in [-0.05, 0) is 50.9 Å². The zero-order valence-electron chi connectivity index (χ0n) is 15.6. The first-order chi connectivity index (χ1) is 12.6. The van der Waals surface area contributed by atoms with Crippen molar-refractivity contribution in [2.75, 3.05) is 25.4 Å². The van der Waals surface area contributed by atoms with E-state index in [0.717, 1.165) is 67.9 Å². The van der Waals surface area contributed by atoms with Gasteiger partial charge in [-0.25, -0.2) is 4.79 Å². The van der Waals surface area contributed by atoms with E-state index in [9.17, 15) is 9.59 Å². The number of carbonyl (C=O) groups is 1. The molecule has 3 rings (SSSR count). The molecule has 1 aliphatic heterocycles. The standard InChI is InChI=1S/C19H29N3O3S/c1-14-7-10-21(11-8-14)17(24)13-26-18-15-5-2-3-6-16(15)22(9-4-12-23)19(25)20-18/h14,23H,2-13H2,1H3. The van der Waals surface area contributed by atoms with Gasteiger partial charge in [0.15, 0.2) is 0 Å². The molecule has 0 unspecified atom stereocenters. The van der Waals surface area contributed by atoms with Gasteiger partial charge in [0.05, 0.1) is 5.75 Å². The maximum absolute atomic E-state index is 12.5. The summed E-state index contributed by atoms with van der Waals surface area (Å²) in [5, 5.41) is 9.82. The van der Waals surface area contributed by atoms with Crippen molar-refractivity contribution in [2.24, 2.45) is 5.92 Å². The lowest BCUT2D eigenvalue weighted by Crippen LogP contribution is -2.39. The second-order valence-corrected chi connectivity index (χ2v) is 8.38. The van der Waals surface area contributed by atoms with Crippen LogP contribution in [-0.4, -0.2) is 50.9 Å². The number of rotatable bonds is 6. The summed E-state index contributed by atoms with van der Waals surface area (Å²) in [4.78, 5) is 31.2. The highest BCUT2D eigenvalue weighted by atomic mass is 32.2. The van der Waals surface area contributed by atoms with Crippen LogP contribution in [0.4, 0.5) is 0 Å². The van der Waals surface area contributed by atoms with E-state index in [1.54, 1.807) is 4.57 Å². The Bertz CT molecular complexity index is 696. The maximum atomic E-state index is 12.5. The highest BCUT2D eigenvalue weighted by Gasteiger charge is 2.23. The third-order valence-electron chi connectivity index (χ3n) is 5.46. The van der Waals surface area contributed by atoms with Gasteiger partial charge in [0.25, 0.3) is 0 Å². The SMILES string of the molecule is CC1CCN(C(=O)CSc2nc(=O)n(CCCO)c3c2CCCC3)CC1. The summed E-state index contributed by atoms with van der Waals surface area (Å²) in [5.74, 6) is 1.21. The molecular formula is C19H29N3O3S. The van der Waals surface area contributed by atoms with Gasteiger partial charge in [-0.3, -0.25) is 9.36 Å². The average molecular weight is 380 g/mol. The van der Waals surface area contributed by atoms with Crippen molar-refractivity contribution in [3.05, 3.63) is 21.7 Å². The predicted molar refractivity (Wildman–Crippen MR) is 103 cm³/mol. The van der Waals surface area contributed by atoms with Crippen LogP contribution in [0.25, 0.3) is 0 Å². The van der Waals surface area contributed by atoms with Crippen LogP contribution in [-0.2, 0) is 24.2 Å². The molecule has 0 bridgehead atoms. The van der Waals surface area contributed by atoms with Crippen LogP contribution in [0.5, 0.6) is 0 Å². The summed E-state index contributed by atoms with van der Waals surface area (Å²) in [6.45, 7) is 4.50. The molecule has 0 atom stereocenters. The van der Waals surface area contributed by atoms with Crippen LogP contribution in [0.15, 0.2) is 9.82 Å². The molecule has 1 aromatic rings. The summed E-state index contributed by atoms with van der Waals surface area (Å²) in [7, 11) is 0. The number of aromatic nitrogens is 2. The molecule has 2 aliphatic rings. The van der Waals surface area contributed by atoms with Gasteiger partial charge in [0.1, 0.15) is 5.03 Å². The number of piperidine rings is 1. The molecule has 1 N–H and O–H groups in total. The first-order valence-corrected chi connectivity index (χ1v) is 10.7. The fraction of sp³-hybridized carbons (Fsp3) is 0.737. The number of hydrogen-bond donors (Lipinski definition) is 1. The van der Waals surface area contributed by atoms with Crippen molar-refractivity contribution >= 4 is 17.7 Å². The molecule has 0 spiro atoms. The number of fused-ring (bicyclic) bond motifs is 1. The van der Waals surface area contributed by atoms with Crippen molar-refractivity contribution in [3.8, 4) is 0 Å². The largest absolute Gasteiger partial charge is 0.396 e. The fourth-order valence-electron chi connectivity index (χ4n) is 3.81. The van der Waals surface area contributed by atoms with Crippen molar-refractivity contribution in [2.45, 2.75) is 63.4 Å². The van der Waals surface area contributed by atoms with Crippen molar-refractivity contribution in [1.82, 2.24) is 14.5 Å². The molecule has 0 radical (unpaired) electrons. The van der Waals surface area contributed by atoms with Gasteiger partial charge in [-0.2, -0.15) is 4.98 Å². The van der Waals surface area contributed by atoms with Crippen molar-refractivity contribution in [1.29, 1.82) is 0 Å². The average Bonchev–Trinajstić information content (AvgIpc) is 2.66. The minimum atomic E-state index is -0.249. The van der Waals surface area contributed by atoms with Crippen LogP contribution >= 0.6 is 11.8 Å². The molecule has 2 heterocycles. The van der Waals surface area contributed by atoms with E-state index in [2.05, 4.69) is 11.9 Å². The van der Waals surface area contributed by atoms with E-state index in [-0.39, 0.29) is 18.2 Å². The first kappa shape index (κ1) is 19.4. The molecule has 0 saturated carbocycles. The number of amides is 1. The van der Waals surface area contributed by atoms with Gasteiger partial charge in [-0.1, -0.05) is 18.7 Å². The Morgan fingerprint density at radius 3 is 2.73 bits per heavy atom. The molecule has 1 aromatic heterocycles. The number of carbonyl (C=O) groups excluding carboxylic acids is 1. The first-order valence-electron chi connectivity index (χ1n) is 9.74. The monoisotopic (exact) mass is 379 g/mol. The number of aliphatic hydroxyl groups excluding tert-OH is 1. The quantitative estimate of drug-likeness (QED) is 0.603. The third kappa shape index (κ3) is 4.49. The van der Waals surface area contributed by atoms with E-state index >= 15 is 0 Å². The minimum absolute atomic E-state index is 0.0701. The van der Waals surface area contributed by atoms with Gasteiger partial charge < -0.3 is 10.0 Å². The van der Waals surface area contributed by atoms with E-state index < -0.39 is 0 Å². The lowest BCUT2D eigenvalue weighted by molar-refractivity contribution is -0.129. The Morgan fingerprint density at radius 2 is 2.00 bits per heavy atom. The molecular weight excluding hydrogens is 350 g/mol. The molecule has 0 aromatic carbocycles. The Hall–Kier alpha value is -1.34. The zero-order valence-corrected chi connectivity index (χ0v) is 16.4. The second kappa shape index (κ2) is 9.04. The van der Waals surface area contributed by atoms with Gasteiger partial charge in [-0.15, -0.1) is 0 Å². The zero-order chi connectivity index (χ0) is 18.5. The Labute approximate surface area is 159 Å². The van der Waals surface area contributed by atoms with Crippen LogP contribution < -0.4 is 5.69 Å². The summed E-state index contributed by atoms with van der Waals surface area (Å²) in [6.07, 6.45) is 6.68. The van der Waals surface area contributed by atoms with Crippen molar-refractivity contribution in [3.63, 3.8) is 0 Å². The summed E-state index contributed by atoms with van der Waals surface area (Å²) in [6, 6.07) is 0. The van der Waals surface area contributed by atoms with Crippen LogP contribution in [0.1, 0.15) is 50.3 Å². The number of likely N-dealkylation sites (tertiary alicyclic amines) is 1. The smallest absolute Gasteiger partial charge is 0.348 e. The van der Waals surface area contributed by atoms with Crippen LogP contribution in [0.3, 0.4) is 0 Å². The fourth-order valence-corrected chi connectivity index (χ4v) is 4.79. The van der Waals surface area contributed by atoms with Crippen LogP contribution in [0.2, 0.25) is 0 Å². The Balaban J connectivity index is 1.72. The molecule has 6 nitrogen and oxygen atoms in total. The summed E-state index contributed by atoms with van der Waals surface area (Å²) < 4.78 is 1.72. The normalized spacial score (nSPS) is 18.0. The maximum Gasteiger partial charge on any atom is 0.348 e. The summed E-state index contributed by atoms with van der Waals surface area (Å²) >= 11 is 1.42. The van der Waals surface area contributed by atoms with E-state index in [0.29, 0.717) is 24.6 Å². The van der Waals surface area contributed by atoms with Gasteiger partial charge in [0, 0.05) is 37.5 Å². The van der Waals surface area contributed by atoms with E-state index in [4.69, 9.17) is 5.11 Å².